The Balaban J connectivity index is 1.62. The number of nitrogen functional groups attached to an aromatic ring is 1. The largest absolute Gasteiger partial charge is 0.491 e. The van der Waals surface area contributed by atoms with E-state index in [1.165, 1.54) is 12.3 Å². The van der Waals surface area contributed by atoms with Gasteiger partial charge in [-0.2, -0.15) is 0 Å². The predicted octanol–water partition coefficient (Wildman–Crippen LogP) is 3.64. The molecule has 1 amide bonds. The first-order valence-electron chi connectivity index (χ1n) is 10.5. The summed E-state index contributed by atoms with van der Waals surface area (Å²) < 4.78 is 34.5. The smallest absolute Gasteiger partial charge is 0.277 e. The number of piperidine rings is 1. The fraction of sp³-hybridized carbons (Fsp3) is 0.318. The van der Waals surface area contributed by atoms with Crippen molar-refractivity contribution < 1.29 is 18.3 Å². The number of carbonyl (C=O) groups excluding carboxylic acids is 1. The van der Waals surface area contributed by atoms with Gasteiger partial charge in [0.2, 0.25) is 0 Å². The van der Waals surface area contributed by atoms with Crippen LogP contribution in [-0.4, -0.2) is 41.6 Å². The van der Waals surface area contributed by atoms with Gasteiger partial charge in [0.15, 0.2) is 17.3 Å². The van der Waals surface area contributed by atoms with Crippen LogP contribution in [0.5, 0.6) is 5.75 Å². The fourth-order valence-corrected chi connectivity index (χ4v) is 4.64. The topological polar surface area (TPSA) is 119 Å². The highest BCUT2D eigenvalue weighted by molar-refractivity contribution is 7.19. The van der Waals surface area contributed by atoms with Gasteiger partial charge in [0.05, 0.1) is 29.7 Å². The summed E-state index contributed by atoms with van der Waals surface area (Å²) in [6.07, 6.45) is 5.05. The van der Waals surface area contributed by atoms with E-state index in [4.69, 9.17) is 16.2 Å². The van der Waals surface area contributed by atoms with Gasteiger partial charge in [-0.05, 0) is 38.0 Å². The lowest BCUT2D eigenvalue weighted by Gasteiger charge is -2.33. The van der Waals surface area contributed by atoms with E-state index in [1.807, 2.05) is 0 Å². The summed E-state index contributed by atoms with van der Waals surface area (Å²) in [5.74, 6) is -2.43. The number of ether oxygens (including phenoxy) is 1. The first kappa shape index (κ1) is 22.9. The van der Waals surface area contributed by atoms with Crippen LogP contribution in [0.4, 0.5) is 25.2 Å². The molecule has 33 heavy (non-hydrogen) atoms. The summed E-state index contributed by atoms with van der Waals surface area (Å²) in [5.41, 5.74) is 12.8. The summed E-state index contributed by atoms with van der Waals surface area (Å²) in [6.45, 7) is 3.37. The number of aromatic nitrogens is 2. The molecule has 0 aliphatic carbocycles. The van der Waals surface area contributed by atoms with E-state index in [0.717, 1.165) is 42.5 Å². The Morgan fingerprint density at radius 2 is 2.18 bits per heavy atom. The third kappa shape index (κ3) is 4.74. The number of anilines is 3. The number of benzene rings is 1. The zero-order valence-corrected chi connectivity index (χ0v) is 18.8. The van der Waals surface area contributed by atoms with Gasteiger partial charge in [0.25, 0.3) is 5.91 Å². The van der Waals surface area contributed by atoms with E-state index >= 15 is 0 Å². The Kier molecular flexibility index (Phi) is 6.70. The Labute approximate surface area is 193 Å². The zero-order chi connectivity index (χ0) is 23.5. The fourth-order valence-electron chi connectivity index (χ4n) is 3.77. The molecule has 11 heteroatoms. The third-order valence-electron chi connectivity index (χ3n) is 5.28. The number of thiazole rings is 1. The molecule has 0 spiro atoms. The van der Waals surface area contributed by atoms with Crippen LogP contribution in [-0.2, 0) is 0 Å². The minimum atomic E-state index is -0.895. The highest BCUT2D eigenvalue weighted by Gasteiger charge is 2.25. The van der Waals surface area contributed by atoms with Crippen molar-refractivity contribution in [1.82, 2.24) is 9.97 Å². The SMILES string of the molecule is CCOc1ccc(F)c(-c2nc(C(=O)Nc3cnccc3N3CCCC(N)C3)c(N)s2)c1F. The highest BCUT2D eigenvalue weighted by Crippen LogP contribution is 2.37. The minimum absolute atomic E-state index is 0.0357. The molecule has 0 bridgehead atoms. The van der Waals surface area contributed by atoms with E-state index < -0.39 is 17.5 Å². The number of pyridine rings is 1. The van der Waals surface area contributed by atoms with Crippen LogP contribution in [0.15, 0.2) is 30.6 Å². The summed E-state index contributed by atoms with van der Waals surface area (Å²) in [4.78, 5) is 23.3. The van der Waals surface area contributed by atoms with Crippen molar-refractivity contribution >= 4 is 33.6 Å². The molecule has 174 valence electrons. The third-order valence-corrected chi connectivity index (χ3v) is 6.18. The summed E-state index contributed by atoms with van der Waals surface area (Å²) in [7, 11) is 0. The van der Waals surface area contributed by atoms with Crippen LogP contribution in [0.1, 0.15) is 30.3 Å². The van der Waals surface area contributed by atoms with Crippen molar-refractivity contribution in [1.29, 1.82) is 0 Å². The first-order chi connectivity index (χ1) is 15.9. The summed E-state index contributed by atoms with van der Waals surface area (Å²) >= 11 is 0.822. The van der Waals surface area contributed by atoms with Crippen molar-refractivity contribution in [2.45, 2.75) is 25.8 Å². The number of hydrogen-bond acceptors (Lipinski definition) is 8. The van der Waals surface area contributed by atoms with Gasteiger partial charge >= 0.3 is 0 Å². The Bertz CT molecular complexity index is 1170. The van der Waals surface area contributed by atoms with E-state index in [9.17, 15) is 13.6 Å². The van der Waals surface area contributed by atoms with E-state index in [-0.39, 0.29) is 39.7 Å². The number of carbonyl (C=O) groups is 1. The summed E-state index contributed by atoms with van der Waals surface area (Å²) in [5, 5.41) is 2.76. The van der Waals surface area contributed by atoms with Gasteiger partial charge in [-0.25, -0.2) is 13.8 Å². The normalized spacial score (nSPS) is 16.0. The second-order valence-electron chi connectivity index (χ2n) is 7.59. The molecule has 2 aromatic heterocycles. The molecule has 0 radical (unpaired) electrons. The van der Waals surface area contributed by atoms with E-state index in [0.29, 0.717) is 12.2 Å². The van der Waals surface area contributed by atoms with Gasteiger partial charge in [-0.1, -0.05) is 11.3 Å². The molecule has 1 atom stereocenters. The molecular weight excluding hydrogens is 450 g/mol. The van der Waals surface area contributed by atoms with Gasteiger partial charge in [-0.3, -0.25) is 9.78 Å². The molecule has 1 aliphatic heterocycles. The number of nitrogens with one attached hydrogen (secondary N) is 1. The first-order valence-corrected chi connectivity index (χ1v) is 11.3. The van der Waals surface area contributed by atoms with Crippen LogP contribution in [0.2, 0.25) is 0 Å². The second-order valence-corrected chi connectivity index (χ2v) is 8.63. The number of rotatable bonds is 6. The number of hydrogen-bond donors (Lipinski definition) is 3. The molecular formula is C22H24F2N6O2S. The van der Waals surface area contributed by atoms with E-state index in [1.54, 1.807) is 19.2 Å². The monoisotopic (exact) mass is 474 g/mol. The lowest BCUT2D eigenvalue weighted by molar-refractivity contribution is 0.102. The quantitative estimate of drug-likeness (QED) is 0.499. The average Bonchev–Trinajstić information content (AvgIpc) is 3.17. The van der Waals surface area contributed by atoms with E-state index in [2.05, 4.69) is 20.2 Å². The average molecular weight is 475 g/mol. The molecule has 3 aromatic rings. The molecule has 3 heterocycles. The lowest BCUT2D eigenvalue weighted by atomic mass is 10.1. The molecule has 1 fully saturated rings. The minimum Gasteiger partial charge on any atom is -0.491 e. The van der Waals surface area contributed by atoms with Crippen molar-refractivity contribution in [3.63, 3.8) is 0 Å². The van der Waals surface area contributed by atoms with Crippen LogP contribution in [0, 0.1) is 11.6 Å². The summed E-state index contributed by atoms with van der Waals surface area (Å²) in [6, 6.07) is 4.14. The molecule has 5 N–H and O–H groups in total. The lowest BCUT2D eigenvalue weighted by Crippen LogP contribution is -2.43. The molecule has 0 saturated carbocycles. The van der Waals surface area contributed by atoms with Crippen LogP contribution in [0.25, 0.3) is 10.6 Å². The maximum atomic E-state index is 14.8. The number of amides is 1. The highest BCUT2D eigenvalue weighted by atomic mass is 32.1. The zero-order valence-electron chi connectivity index (χ0n) is 18.0. The van der Waals surface area contributed by atoms with Gasteiger partial charge in [-0.15, -0.1) is 0 Å². The maximum absolute atomic E-state index is 14.8. The second kappa shape index (κ2) is 9.67. The molecule has 1 aliphatic rings. The van der Waals surface area contributed by atoms with Crippen molar-refractivity contribution in [3.8, 4) is 16.3 Å². The molecule has 1 saturated heterocycles. The Morgan fingerprint density at radius 3 is 2.94 bits per heavy atom. The molecule has 4 rings (SSSR count). The molecule has 1 unspecified atom stereocenters. The Morgan fingerprint density at radius 1 is 1.36 bits per heavy atom. The van der Waals surface area contributed by atoms with Gasteiger partial charge in [0.1, 0.15) is 15.8 Å². The van der Waals surface area contributed by atoms with Crippen molar-refractivity contribution in [2.24, 2.45) is 5.73 Å². The van der Waals surface area contributed by atoms with Gasteiger partial charge < -0.3 is 26.4 Å². The Hall–Kier alpha value is -3.31. The molecule has 1 aromatic carbocycles. The van der Waals surface area contributed by atoms with Crippen LogP contribution in [0.3, 0.4) is 0 Å². The molecule has 8 nitrogen and oxygen atoms in total. The number of halogens is 2. The van der Waals surface area contributed by atoms with Gasteiger partial charge in [0, 0.05) is 25.3 Å². The maximum Gasteiger partial charge on any atom is 0.277 e. The number of nitrogens with two attached hydrogens (primary N) is 2. The van der Waals surface area contributed by atoms with Crippen LogP contribution >= 0.6 is 11.3 Å². The standard InChI is InChI=1S/C22H24F2N6O2S/c1-2-32-16-6-5-13(23)17(18(16)24)22-29-19(20(26)33-22)21(31)28-14-10-27-8-7-15(14)30-9-3-4-12(25)11-30/h5-8,10,12H,2-4,9,11,25-26H2,1H3,(H,28,31). The predicted molar refractivity (Wildman–Crippen MR) is 125 cm³/mol. The van der Waals surface area contributed by atoms with Crippen LogP contribution < -0.4 is 26.4 Å². The number of nitrogens with zero attached hydrogens (tertiary/aromatic N) is 3. The van der Waals surface area contributed by atoms with Crippen molar-refractivity contribution in [2.75, 3.05) is 35.6 Å². The van der Waals surface area contributed by atoms with Crippen molar-refractivity contribution in [3.05, 3.63) is 47.9 Å².